The average molecular weight is 498 g/mol. The highest BCUT2D eigenvalue weighted by Crippen LogP contribution is 2.21. The molecule has 2 aromatic rings. The Balaban J connectivity index is 1.31. The van der Waals surface area contributed by atoms with E-state index in [1.165, 1.54) is 11.0 Å². The number of hydrogen-bond donors (Lipinski definition) is 2. The Kier molecular flexibility index (Phi) is 8.37. The van der Waals surface area contributed by atoms with Crippen molar-refractivity contribution in [3.8, 4) is 5.75 Å². The van der Waals surface area contributed by atoms with Gasteiger partial charge in [0.1, 0.15) is 17.6 Å². The van der Waals surface area contributed by atoms with Crippen LogP contribution in [0.4, 0.5) is 15.8 Å². The molecular formula is C26H32FN5O4. The summed E-state index contributed by atoms with van der Waals surface area (Å²) < 4.78 is 19.5. The maximum Gasteiger partial charge on any atom is 0.243 e. The summed E-state index contributed by atoms with van der Waals surface area (Å²) in [4.78, 5) is 43.9. The molecule has 2 fully saturated rings. The molecule has 0 unspecified atom stereocenters. The smallest absolute Gasteiger partial charge is 0.243 e. The van der Waals surface area contributed by atoms with E-state index in [-0.39, 0.29) is 36.5 Å². The molecule has 2 aromatic carbocycles. The van der Waals surface area contributed by atoms with E-state index in [4.69, 9.17) is 4.74 Å². The number of para-hydroxylation sites is 1. The lowest BCUT2D eigenvalue weighted by atomic mass is 10.1. The third-order valence-electron chi connectivity index (χ3n) is 6.40. The van der Waals surface area contributed by atoms with Gasteiger partial charge in [0, 0.05) is 45.0 Å². The predicted molar refractivity (Wildman–Crippen MR) is 134 cm³/mol. The molecule has 2 aliphatic heterocycles. The topological polar surface area (TPSA) is 94.2 Å². The van der Waals surface area contributed by atoms with Crippen LogP contribution in [0.1, 0.15) is 13.3 Å². The zero-order chi connectivity index (χ0) is 25.5. The molecule has 4 rings (SSSR count). The second kappa shape index (κ2) is 11.9. The van der Waals surface area contributed by atoms with Crippen LogP contribution in [0.2, 0.25) is 0 Å². The summed E-state index contributed by atoms with van der Waals surface area (Å²) in [6.07, 6.45) is -0.133. The number of carbonyl (C=O) groups is 3. The van der Waals surface area contributed by atoms with Crippen LogP contribution in [0, 0.1) is 5.82 Å². The molecule has 0 saturated carbocycles. The first-order valence-electron chi connectivity index (χ1n) is 12.3. The molecule has 0 aliphatic carbocycles. The standard InChI is InChI=1S/C26H32FN5O4/c1-2-36-20-9-7-19(8-10-20)29-24(33)17-23-26(35)28-11-12-32(23)25(34)18-30-13-15-31(16-14-30)22-6-4-3-5-21(22)27/h3-10,23H,2,11-18H2,1H3,(H,28,35)(H,29,33)/t23-/m1/s1. The molecule has 3 amide bonds. The van der Waals surface area contributed by atoms with Crippen molar-refractivity contribution >= 4 is 29.1 Å². The summed E-state index contributed by atoms with van der Waals surface area (Å²) in [5, 5.41) is 5.54. The van der Waals surface area contributed by atoms with Gasteiger partial charge in [0.15, 0.2) is 0 Å². The monoisotopic (exact) mass is 497 g/mol. The summed E-state index contributed by atoms with van der Waals surface area (Å²) in [6.45, 7) is 5.69. The van der Waals surface area contributed by atoms with E-state index >= 15 is 0 Å². The Morgan fingerprint density at radius 3 is 2.47 bits per heavy atom. The van der Waals surface area contributed by atoms with E-state index in [1.807, 2.05) is 22.8 Å². The molecular weight excluding hydrogens is 465 g/mol. The number of benzene rings is 2. The van der Waals surface area contributed by atoms with Crippen LogP contribution in [0.25, 0.3) is 0 Å². The summed E-state index contributed by atoms with van der Waals surface area (Å²) >= 11 is 0. The second-order valence-corrected chi connectivity index (χ2v) is 8.82. The Bertz CT molecular complexity index is 1070. The number of anilines is 2. The molecule has 2 heterocycles. The number of nitrogens with zero attached hydrogens (tertiary/aromatic N) is 3. The quantitative estimate of drug-likeness (QED) is 0.577. The molecule has 2 N–H and O–H groups in total. The Hall–Kier alpha value is -3.66. The Labute approximate surface area is 210 Å². The van der Waals surface area contributed by atoms with Crippen molar-refractivity contribution in [2.24, 2.45) is 0 Å². The van der Waals surface area contributed by atoms with Crippen LogP contribution in [0.15, 0.2) is 48.5 Å². The van der Waals surface area contributed by atoms with Crippen molar-refractivity contribution < 1.29 is 23.5 Å². The fourth-order valence-corrected chi connectivity index (χ4v) is 4.54. The molecule has 192 valence electrons. The number of ether oxygens (including phenoxy) is 1. The zero-order valence-corrected chi connectivity index (χ0v) is 20.4. The van der Waals surface area contributed by atoms with Crippen molar-refractivity contribution in [3.63, 3.8) is 0 Å². The van der Waals surface area contributed by atoms with Crippen molar-refractivity contribution in [2.45, 2.75) is 19.4 Å². The number of carbonyl (C=O) groups excluding carboxylic acids is 3. The second-order valence-electron chi connectivity index (χ2n) is 8.82. The van der Waals surface area contributed by atoms with E-state index in [0.717, 1.165) is 0 Å². The van der Waals surface area contributed by atoms with Gasteiger partial charge < -0.3 is 25.2 Å². The molecule has 0 radical (unpaired) electrons. The zero-order valence-electron chi connectivity index (χ0n) is 20.4. The van der Waals surface area contributed by atoms with E-state index in [2.05, 4.69) is 10.6 Å². The highest BCUT2D eigenvalue weighted by atomic mass is 19.1. The van der Waals surface area contributed by atoms with E-state index < -0.39 is 6.04 Å². The first-order chi connectivity index (χ1) is 17.4. The van der Waals surface area contributed by atoms with Gasteiger partial charge in [0.2, 0.25) is 17.7 Å². The van der Waals surface area contributed by atoms with Crippen LogP contribution in [-0.4, -0.2) is 86.0 Å². The van der Waals surface area contributed by atoms with Gasteiger partial charge in [-0.25, -0.2) is 4.39 Å². The minimum absolute atomic E-state index is 0.133. The molecule has 0 bridgehead atoms. The molecule has 36 heavy (non-hydrogen) atoms. The maximum absolute atomic E-state index is 14.1. The minimum atomic E-state index is -0.867. The van der Waals surface area contributed by atoms with E-state index in [9.17, 15) is 18.8 Å². The molecule has 10 heteroatoms. The minimum Gasteiger partial charge on any atom is -0.494 e. The summed E-state index contributed by atoms with van der Waals surface area (Å²) in [7, 11) is 0. The van der Waals surface area contributed by atoms with Gasteiger partial charge in [-0.1, -0.05) is 12.1 Å². The highest BCUT2D eigenvalue weighted by Gasteiger charge is 2.35. The van der Waals surface area contributed by atoms with Crippen molar-refractivity contribution in [2.75, 3.05) is 62.6 Å². The average Bonchev–Trinajstić information content (AvgIpc) is 2.87. The van der Waals surface area contributed by atoms with Crippen LogP contribution in [0.5, 0.6) is 5.75 Å². The fourth-order valence-electron chi connectivity index (χ4n) is 4.54. The van der Waals surface area contributed by atoms with Gasteiger partial charge in [-0.05, 0) is 43.3 Å². The summed E-state index contributed by atoms with van der Waals surface area (Å²) in [5.41, 5.74) is 1.15. The lowest BCUT2D eigenvalue weighted by Crippen LogP contribution is -2.60. The fraction of sp³-hybridized carbons (Fsp3) is 0.423. The van der Waals surface area contributed by atoms with Crippen LogP contribution in [-0.2, 0) is 14.4 Å². The lowest BCUT2D eigenvalue weighted by Gasteiger charge is -2.39. The largest absolute Gasteiger partial charge is 0.494 e. The highest BCUT2D eigenvalue weighted by molar-refractivity contribution is 5.97. The van der Waals surface area contributed by atoms with Gasteiger partial charge in [-0.3, -0.25) is 19.3 Å². The SMILES string of the molecule is CCOc1ccc(NC(=O)C[C@@H]2C(=O)NCCN2C(=O)CN2CCN(c3ccccc3F)CC2)cc1. The number of nitrogens with one attached hydrogen (secondary N) is 2. The van der Waals surface area contributed by atoms with Crippen molar-refractivity contribution in [1.82, 2.24) is 15.1 Å². The Morgan fingerprint density at radius 1 is 1.06 bits per heavy atom. The maximum atomic E-state index is 14.1. The van der Waals surface area contributed by atoms with Crippen LogP contribution in [0.3, 0.4) is 0 Å². The molecule has 2 saturated heterocycles. The van der Waals surface area contributed by atoms with Crippen LogP contribution >= 0.6 is 0 Å². The van der Waals surface area contributed by atoms with Gasteiger partial charge in [0.05, 0.1) is 25.3 Å². The third-order valence-corrected chi connectivity index (χ3v) is 6.40. The van der Waals surface area contributed by atoms with Crippen LogP contribution < -0.4 is 20.3 Å². The normalized spacial score (nSPS) is 18.5. The van der Waals surface area contributed by atoms with Gasteiger partial charge in [-0.15, -0.1) is 0 Å². The third kappa shape index (κ3) is 6.31. The number of halogens is 1. The van der Waals surface area contributed by atoms with Crippen molar-refractivity contribution in [1.29, 1.82) is 0 Å². The van der Waals surface area contributed by atoms with Gasteiger partial charge in [-0.2, -0.15) is 0 Å². The number of amides is 3. The van der Waals surface area contributed by atoms with Crippen molar-refractivity contribution in [3.05, 3.63) is 54.3 Å². The van der Waals surface area contributed by atoms with Gasteiger partial charge >= 0.3 is 0 Å². The van der Waals surface area contributed by atoms with E-state index in [1.54, 1.807) is 36.4 Å². The molecule has 2 aliphatic rings. The molecule has 0 spiro atoms. The number of rotatable bonds is 8. The molecule has 1 atom stereocenters. The molecule has 0 aromatic heterocycles. The number of piperazine rings is 2. The predicted octanol–water partition coefficient (Wildman–Crippen LogP) is 1.70. The van der Waals surface area contributed by atoms with Gasteiger partial charge in [0.25, 0.3) is 0 Å². The Morgan fingerprint density at radius 2 is 1.78 bits per heavy atom. The van der Waals surface area contributed by atoms with E-state index in [0.29, 0.717) is 63.0 Å². The summed E-state index contributed by atoms with van der Waals surface area (Å²) in [5.74, 6) is -0.428. The summed E-state index contributed by atoms with van der Waals surface area (Å²) in [6, 6.07) is 12.8. The molecule has 9 nitrogen and oxygen atoms in total. The first-order valence-corrected chi connectivity index (χ1v) is 12.3. The first kappa shape index (κ1) is 25.4. The number of hydrogen-bond acceptors (Lipinski definition) is 6. The lowest BCUT2D eigenvalue weighted by molar-refractivity contribution is -0.145.